The number of ether oxygens (including phenoxy) is 1. The summed E-state index contributed by atoms with van der Waals surface area (Å²) in [7, 11) is 1.62. The number of aryl methyl sites for hydroxylation is 1. The van der Waals surface area contributed by atoms with E-state index in [1.165, 1.54) is 17.7 Å². The zero-order valence-electron chi connectivity index (χ0n) is 19.2. The van der Waals surface area contributed by atoms with Crippen molar-refractivity contribution in [2.24, 2.45) is 0 Å². The average molecular weight is 439 g/mol. The lowest BCUT2D eigenvalue weighted by atomic mass is 9.93. The van der Waals surface area contributed by atoms with Crippen LogP contribution in [0.3, 0.4) is 0 Å². The molecule has 0 aliphatic carbocycles. The summed E-state index contributed by atoms with van der Waals surface area (Å²) in [6.45, 7) is 7.56. The minimum absolute atomic E-state index is 0.0204. The van der Waals surface area contributed by atoms with E-state index in [0.717, 1.165) is 22.9 Å². The second kappa shape index (κ2) is 9.09. The molecule has 3 N–H and O–H groups in total. The molecule has 1 aromatic heterocycles. The van der Waals surface area contributed by atoms with Crippen LogP contribution in [0.15, 0.2) is 51.2 Å². The van der Waals surface area contributed by atoms with E-state index < -0.39 is 11.0 Å². The molecule has 0 aliphatic heterocycles. The number of hydrogen-bond acceptors (Lipinski definition) is 6. The van der Waals surface area contributed by atoms with Crippen molar-refractivity contribution in [2.45, 2.75) is 52.6 Å². The lowest BCUT2D eigenvalue weighted by Crippen LogP contribution is -2.19. The van der Waals surface area contributed by atoms with Gasteiger partial charge in [0.25, 0.3) is 0 Å². The number of aliphatic hydroxyl groups is 1. The van der Waals surface area contributed by atoms with E-state index in [0.29, 0.717) is 30.6 Å². The molecule has 0 fully saturated rings. The number of phenols is 2. The Morgan fingerprint density at radius 3 is 2.41 bits per heavy atom. The Bertz CT molecular complexity index is 1220. The van der Waals surface area contributed by atoms with Gasteiger partial charge in [0.2, 0.25) is 0 Å². The van der Waals surface area contributed by atoms with Crippen LogP contribution in [0.25, 0.3) is 22.3 Å². The molecule has 3 rings (SSSR count). The number of hydrogen-bond donors (Lipinski definition) is 3. The molecule has 6 nitrogen and oxygen atoms in total. The molecule has 0 unspecified atom stereocenters. The second-order valence-corrected chi connectivity index (χ2v) is 8.94. The fraction of sp³-hybridized carbons (Fsp3) is 0.346. The van der Waals surface area contributed by atoms with E-state index in [1.54, 1.807) is 21.0 Å². The van der Waals surface area contributed by atoms with Gasteiger partial charge < -0.3 is 24.5 Å². The molecule has 0 atom stereocenters. The minimum Gasteiger partial charge on any atom is -0.508 e. The summed E-state index contributed by atoms with van der Waals surface area (Å²) in [5.41, 5.74) is 2.52. The summed E-state index contributed by atoms with van der Waals surface area (Å²) in [5, 5.41) is 30.1. The lowest BCUT2D eigenvalue weighted by Gasteiger charge is -2.20. The molecule has 0 radical (unpaired) electrons. The van der Waals surface area contributed by atoms with E-state index in [1.807, 2.05) is 26.0 Å². The molecular weight excluding hydrogens is 408 g/mol. The number of rotatable bonds is 7. The van der Waals surface area contributed by atoms with Crippen LogP contribution in [0, 0.1) is 0 Å². The molecular formula is C26H30O6. The third kappa shape index (κ3) is 5.32. The van der Waals surface area contributed by atoms with Crippen molar-refractivity contribution in [2.75, 3.05) is 7.11 Å². The predicted octanol–water partition coefficient (Wildman–Crippen LogP) is 5.09. The molecule has 32 heavy (non-hydrogen) atoms. The van der Waals surface area contributed by atoms with Gasteiger partial charge in [-0.1, -0.05) is 11.6 Å². The van der Waals surface area contributed by atoms with Gasteiger partial charge in [0.05, 0.1) is 12.7 Å². The van der Waals surface area contributed by atoms with E-state index >= 15 is 0 Å². The molecule has 1 heterocycles. The molecule has 2 aromatic carbocycles. The van der Waals surface area contributed by atoms with Crippen molar-refractivity contribution in [3.8, 4) is 28.6 Å². The largest absolute Gasteiger partial charge is 0.508 e. The highest BCUT2D eigenvalue weighted by atomic mass is 16.5. The van der Waals surface area contributed by atoms with Gasteiger partial charge in [0.15, 0.2) is 5.43 Å². The van der Waals surface area contributed by atoms with Crippen molar-refractivity contribution in [1.29, 1.82) is 0 Å². The standard InChI is InChI=1S/C26H30O6/c1-15(2)6-7-16-10-18(11-17(25(16)31-5)8-9-26(3,4)30)22-14-21(29)24-20(28)12-19(27)13-23(24)32-22/h6,10-14,27-28,30H,7-9H2,1-5H3. The number of allylic oxidation sites excluding steroid dienone is 2. The Hall–Kier alpha value is -3.25. The third-order valence-corrected chi connectivity index (χ3v) is 5.26. The second-order valence-electron chi connectivity index (χ2n) is 8.94. The number of methoxy groups -OCH3 is 1. The van der Waals surface area contributed by atoms with Crippen molar-refractivity contribution >= 4 is 11.0 Å². The van der Waals surface area contributed by atoms with Gasteiger partial charge in [-0.3, -0.25) is 4.79 Å². The van der Waals surface area contributed by atoms with E-state index in [9.17, 15) is 20.1 Å². The Kier molecular flexibility index (Phi) is 6.65. The van der Waals surface area contributed by atoms with Gasteiger partial charge in [-0.25, -0.2) is 0 Å². The smallest absolute Gasteiger partial charge is 0.197 e. The summed E-state index contributed by atoms with van der Waals surface area (Å²) in [6.07, 6.45) is 3.82. The molecule has 0 spiro atoms. The molecule has 0 saturated carbocycles. The summed E-state index contributed by atoms with van der Waals surface area (Å²) < 4.78 is 11.6. The van der Waals surface area contributed by atoms with Gasteiger partial charge in [0.1, 0.15) is 34.0 Å². The molecule has 0 aliphatic rings. The van der Waals surface area contributed by atoms with Crippen LogP contribution in [-0.2, 0) is 12.8 Å². The highest BCUT2D eigenvalue weighted by Gasteiger charge is 2.19. The summed E-state index contributed by atoms with van der Waals surface area (Å²) >= 11 is 0. The summed E-state index contributed by atoms with van der Waals surface area (Å²) in [6, 6.07) is 7.56. The first-order valence-corrected chi connectivity index (χ1v) is 10.5. The first-order valence-electron chi connectivity index (χ1n) is 10.5. The number of fused-ring (bicyclic) bond motifs is 1. The maximum atomic E-state index is 12.7. The molecule has 6 heteroatoms. The summed E-state index contributed by atoms with van der Waals surface area (Å²) in [5.74, 6) is 0.539. The van der Waals surface area contributed by atoms with Crippen LogP contribution in [0.5, 0.6) is 17.2 Å². The Morgan fingerprint density at radius 2 is 1.78 bits per heavy atom. The van der Waals surface area contributed by atoms with E-state index in [2.05, 4.69) is 6.08 Å². The Morgan fingerprint density at radius 1 is 1.09 bits per heavy atom. The maximum absolute atomic E-state index is 12.7. The van der Waals surface area contributed by atoms with Gasteiger partial charge >= 0.3 is 0 Å². The van der Waals surface area contributed by atoms with Gasteiger partial charge in [-0.15, -0.1) is 0 Å². The monoisotopic (exact) mass is 438 g/mol. The van der Waals surface area contributed by atoms with E-state index in [-0.39, 0.29) is 22.5 Å². The molecule has 0 saturated heterocycles. The van der Waals surface area contributed by atoms with Crippen LogP contribution >= 0.6 is 0 Å². The summed E-state index contributed by atoms with van der Waals surface area (Å²) in [4.78, 5) is 12.7. The topological polar surface area (TPSA) is 100 Å². The first-order chi connectivity index (χ1) is 15.0. The molecule has 0 bridgehead atoms. The van der Waals surface area contributed by atoms with Crippen LogP contribution < -0.4 is 10.2 Å². The lowest BCUT2D eigenvalue weighted by molar-refractivity contribution is 0.0712. The highest BCUT2D eigenvalue weighted by molar-refractivity contribution is 5.86. The maximum Gasteiger partial charge on any atom is 0.197 e. The van der Waals surface area contributed by atoms with Crippen LogP contribution in [-0.4, -0.2) is 28.0 Å². The van der Waals surface area contributed by atoms with Crippen molar-refractivity contribution in [3.05, 3.63) is 63.3 Å². The number of benzene rings is 2. The Labute approximate surface area is 187 Å². The normalized spacial score (nSPS) is 11.6. The fourth-order valence-corrected chi connectivity index (χ4v) is 3.65. The van der Waals surface area contributed by atoms with Crippen LogP contribution in [0.4, 0.5) is 0 Å². The van der Waals surface area contributed by atoms with E-state index in [4.69, 9.17) is 9.15 Å². The molecule has 3 aromatic rings. The van der Waals surface area contributed by atoms with Crippen LogP contribution in [0.1, 0.15) is 45.2 Å². The van der Waals surface area contributed by atoms with Gasteiger partial charge in [-0.2, -0.15) is 0 Å². The van der Waals surface area contributed by atoms with Crippen molar-refractivity contribution in [3.63, 3.8) is 0 Å². The van der Waals surface area contributed by atoms with Crippen LogP contribution in [0.2, 0.25) is 0 Å². The first kappa shape index (κ1) is 23.4. The molecule has 170 valence electrons. The Balaban J connectivity index is 2.21. The van der Waals surface area contributed by atoms with Gasteiger partial charge in [-0.05, 0) is 70.2 Å². The third-order valence-electron chi connectivity index (χ3n) is 5.26. The fourth-order valence-electron chi connectivity index (χ4n) is 3.65. The quantitative estimate of drug-likeness (QED) is 0.444. The van der Waals surface area contributed by atoms with Gasteiger partial charge in [0, 0.05) is 23.8 Å². The zero-order chi connectivity index (χ0) is 23.6. The number of phenolic OH excluding ortho intramolecular Hbond substituents is 2. The number of aromatic hydroxyl groups is 2. The van der Waals surface area contributed by atoms with Crippen molar-refractivity contribution in [1.82, 2.24) is 0 Å². The molecule has 0 amide bonds. The minimum atomic E-state index is -0.842. The highest BCUT2D eigenvalue weighted by Crippen LogP contribution is 2.35. The SMILES string of the molecule is COc1c(CC=C(C)C)cc(-c2cc(=O)c3c(O)cc(O)cc3o2)cc1CCC(C)(C)O. The zero-order valence-corrected chi connectivity index (χ0v) is 19.2. The van der Waals surface area contributed by atoms with Crippen molar-refractivity contribution < 1.29 is 24.5 Å². The average Bonchev–Trinajstić information content (AvgIpc) is 2.68. The predicted molar refractivity (Wildman–Crippen MR) is 126 cm³/mol.